The Hall–Kier alpha value is -2.02. The van der Waals surface area contributed by atoms with Crippen LogP contribution in [-0.4, -0.2) is 28.1 Å². The zero-order valence-electron chi connectivity index (χ0n) is 12.4. The van der Waals surface area contributed by atoms with E-state index in [1.54, 1.807) is 10.9 Å². The summed E-state index contributed by atoms with van der Waals surface area (Å²) in [6.07, 6.45) is 0.605. The molecule has 0 bridgehead atoms. The molecule has 124 valence electrons. The smallest absolute Gasteiger partial charge is 0.416 e. The molecule has 2 aromatic rings. The lowest BCUT2D eigenvalue weighted by molar-refractivity contribution is -0.137. The number of phenols is 1. The Morgan fingerprint density at radius 1 is 1.26 bits per heavy atom. The molecule has 7 heteroatoms. The maximum atomic E-state index is 12.8. The van der Waals surface area contributed by atoms with Gasteiger partial charge < -0.3 is 9.84 Å². The first-order valence-electron chi connectivity index (χ1n) is 7.44. The summed E-state index contributed by atoms with van der Waals surface area (Å²) in [5, 5.41) is 14.1. The molecule has 3 rings (SSSR count). The molecule has 1 aromatic carbocycles. The summed E-state index contributed by atoms with van der Waals surface area (Å²) in [6.45, 7) is 2.16. The van der Waals surface area contributed by atoms with E-state index >= 15 is 0 Å². The van der Waals surface area contributed by atoms with Crippen molar-refractivity contribution >= 4 is 0 Å². The minimum atomic E-state index is -4.44. The molecule has 1 saturated heterocycles. The maximum absolute atomic E-state index is 12.8. The number of hydrogen-bond acceptors (Lipinski definition) is 3. The predicted octanol–water partition coefficient (Wildman–Crippen LogP) is 3.70. The number of aromatic nitrogens is 2. The summed E-state index contributed by atoms with van der Waals surface area (Å²) in [6, 6.07) is 2.88. The number of rotatable bonds is 3. The highest BCUT2D eigenvalue weighted by atomic mass is 19.4. The van der Waals surface area contributed by atoms with Crippen molar-refractivity contribution in [1.29, 1.82) is 0 Å². The molecule has 1 aliphatic heterocycles. The summed E-state index contributed by atoms with van der Waals surface area (Å²) in [5.41, 5.74) is -0.179. The van der Waals surface area contributed by atoms with Crippen molar-refractivity contribution in [3.63, 3.8) is 0 Å². The van der Waals surface area contributed by atoms with E-state index in [-0.39, 0.29) is 11.3 Å². The minimum Gasteiger partial charge on any atom is -0.507 e. The predicted molar refractivity (Wildman–Crippen MR) is 77.9 cm³/mol. The van der Waals surface area contributed by atoms with E-state index in [2.05, 4.69) is 5.10 Å². The second kappa shape index (κ2) is 6.23. The Morgan fingerprint density at radius 2 is 2.00 bits per heavy atom. The fourth-order valence-corrected chi connectivity index (χ4v) is 2.74. The molecule has 2 heterocycles. The summed E-state index contributed by atoms with van der Waals surface area (Å²) in [5.74, 6) is 0.259. The lowest BCUT2D eigenvalue weighted by atomic mass is 10.0. The van der Waals surface area contributed by atoms with Gasteiger partial charge >= 0.3 is 6.18 Å². The van der Waals surface area contributed by atoms with Crippen LogP contribution in [0, 0.1) is 5.92 Å². The van der Waals surface area contributed by atoms with Gasteiger partial charge in [-0.15, -0.1) is 0 Å². The van der Waals surface area contributed by atoms with E-state index in [0.717, 1.165) is 44.3 Å². The standard InChI is InChI=1S/C16H17F3N2O2/c17-16(18,19)13-1-2-15(22)14(7-13)12-8-20-21(10-12)9-11-3-5-23-6-4-11/h1-2,7-8,10-11,22H,3-6,9H2. The van der Waals surface area contributed by atoms with Gasteiger partial charge in [0.05, 0.1) is 11.8 Å². The SMILES string of the molecule is Oc1ccc(C(F)(F)F)cc1-c1cnn(CC2CCOCC2)c1. The van der Waals surface area contributed by atoms with Crippen molar-refractivity contribution < 1.29 is 23.0 Å². The van der Waals surface area contributed by atoms with Crippen molar-refractivity contribution in [3.05, 3.63) is 36.2 Å². The number of aromatic hydroxyl groups is 1. The molecule has 0 unspecified atom stereocenters. The summed E-state index contributed by atoms with van der Waals surface area (Å²) >= 11 is 0. The molecule has 0 saturated carbocycles. The van der Waals surface area contributed by atoms with E-state index < -0.39 is 11.7 Å². The van der Waals surface area contributed by atoms with Crippen LogP contribution in [0.5, 0.6) is 5.75 Å². The Bertz CT molecular complexity index is 676. The summed E-state index contributed by atoms with van der Waals surface area (Å²) in [7, 11) is 0. The van der Waals surface area contributed by atoms with Gasteiger partial charge in [0.15, 0.2) is 0 Å². The highest BCUT2D eigenvalue weighted by Gasteiger charge is 2.31. The van der Waals surface area contributed by atoms with Crippen LogP contribution >= 0.6 is 0 Å². The Morgan fingerprint density at radius 3 is 2.70 bits per heavy atom. The van der Waals surface area contributed by atoms with Gasteiger partial charge in [0, 0.05) is 37.1 Å². The maximum Gasteiger partial charge on any atom is 0.416 e. The van der Waals surface area contributed by atoms with Gasteiger partial charge in [0.2, 0.25) is 0 Å². The molecule has 0 radical (unpaired) electrons. The van der Waals surface area contributed by atoms with Gasteiger partial charge in [-0.2, -0.15) is 18.3 Å². The van der Waals surface area contributed by atoms with E-state index in [9.17, 15) is 18.3 Å². The number of phenolic OH excluding ortho intramolecular Hbond substituents is 1. The van der Waals surface area contributed by atoms with Crippen molar-refractivity contribution in [2.24, 2.45) is 5.92 Å². The van der Waals surface area contributed by atoms with Gasteiger partial charge in [0.25, 0.3) is 0 Å². The minimum absolute atomic E-state index is 0.137. The number of benzene rings is 1. The van der Waals surface area contributed by atoms with Gasteiger partial charge in [-0.1, -0.05) is 0 Å². The zero-order valence-corrected chi connectivity index (χ0v) is 12.4. The first kappa shape index (κ1) is 15.9. The lowest BCUT2D eigenvalue weighted by Gasteiger charge is -2.21. The number of nitrogens with zero attached hydrogens (tertiary/aromatic N) is 2. The van der Waals surface area contributed by atoms with Crippen LogP contribution in [0.15, 0.2) is 30.6 Å². The van der Waals surface area contributed by atoms with Gasteiger partial charge in [-0.3, -0.25) is 4.68 Å². The second-order valence-corrected chi connectivity index (χ2v) is 5.74. The van der Waals surface area contributed by atoms with Gasteiger partial charge in [-0.25, -0.2) is 0 Å². The zero-order chi connectivity index (χ0) is 16.4. The Kier molecular flexibility index (Phi) is 4.30. The average Bonchev–Trinajstić information content (AvgIpc) is 2.96. The molecule has 23 heavy (non-hydrogen) atoms. The van der Waals surface area contributed by atoms with E-state index in [0.29, 0.717) is 18.0 Å². The molecule has 1 aliphatic rings. The number of ether oxygens (including phenoxy) is 1. The number of halogens is 3. The monoisotopic (exact) mass is 326 g/mol. The lowest BCUT2D eigenvalue weighted by Crippen LogP contribution is -2.20. The molecule has 1 aromatic heterocycles. The fourth-order valence-electron chi connectivity index (χ4n) is 2.74. The van der Waals surface area contributed by atoms with Crippen LogP contribution in [0.3, 0.4) is 0 Å². The summed E-state index contributed by atoms with van der Waals surface area (Å²) in [4.78, 5) is 0. The van der Waals surface area contributed by atoms with Crippen molar-refractivity contribution in [2.45, 2.75) is 25.6 Å². The molecule has 1 N–H and O–H groups in total. The molecule has 0 atom stereocenters. The fraction of sp³-hybridized carbons (Fsp3) is 0.438. The van der Waals surface area contributed by atoms with Crippen LogP contribution in [0.25, 0.3) is 11.1 Å². The highest BCUT2D eigenvalue weighted by Crippen LogP contribution is 2.36. The number of hydrogen-bond donors (Lipinski definition) is 1. The third kappa shape index (κ3) is 3.67. The molecule has 0 spiro atoms. The molecule has 0 aliphatic carbocycles. The van der Waals surface area contributed by atoms with Crippen molar-refractivity contribution in [3.8, 4) is 16.9 Å². The van der Waals surface area contributed by atoms with Gasteiger partial charge in [-0.05, 0) is 37.0 Å². The van der Waals surface area contributed by atoms with E-state index in [1.807, 2.05) is 0 Å². The average molecular weight is 326 g/mol. The second-order valence-electron chi connectivity index (χ2n) is 5.74. The van der Waals surface area contributed by atoms with E-state index in [1.165, 1.54) is 6.20 Å². The highest BCUT2D eigenvalue weighted by molar-refractivity contribution is 5.69. The topological polar surface area (TPSA) is 47.3 Å². The summed E-state index contributed by atoms with van der Waals surface area (Å²) < 4.78 is 45.5. The molecule has 4 nitrogen and oxygen atoms in total. The van der Waals surface area contributed by atoms with Gasteiger partial charge in [0.1, 0.15) is 5.75 Å². The molecule has 0 amide bonds. The largest absolute Gasteiger partial charge is 0.507 e. The third-order valence-electron chi connectivity index (χ3n) is 4.05. The molecular weight excluding hydrogens is 309 g/mol. The first-order valence-corrected chi connectivity index (χ1v) is 7.44. The third-order valence-corrected chi connectivity index (χ3v) is 4.05. The van der Waals surface area contributed by atoms with Crippen LogP contribution in [0.1, 0.15) is 18.4 Å². The molecule has 1 fully saturated rings. The normalized spacial score (nSPS) is 16.7. The van der Waals surface area contributed by atoms with Crippen LogP contribution in [-0.2, 0) is 17.5 Å². The van der Waals surface area contributed by atoms with Crippen molar-refractivity contribution in [1.82, 2.24) is 9.78 Å². The Labute approximate surface area is 131 Å². The van der Waals surface area contributed by atoms with Crippen LogP contribution in [0.4, 0.5) is 13.2 Å². The van der Waals surface area contributed by atoms with Crippen LogP contribution < -0.4 is 0 Å². The van der Waals surface area contributed by atoms with Crippen molar-refractivity contribution in [2.75, 3.05) is 13.2 Å². The van der Waals surface area contributed by atoms with Crippen LogP contribution in [0.2, 0.25) is 0 Å². The number of alkyl halides is 3. The Balaban J connectivity index is 1.82. The first-order chi connectivity index (χ1) is 10.9. The quantitative estimate of drug-likeness (QED) is 0.935. The van der Waals surface area contributed by atoms with E-state index in [4.69, 9.17) is 4.74 Å². The molecular formula is C16H17F3N2O2.